The van der Waals surface area contributed by atoms with E-state index in [0.29, 0.717) is 12.2 Å². The van der Waals surface area contributed by atoms with Gasteiger partial charge in [-0.25, -0.2) is 8.42 Å². The number of halogens is 3. The van der Waals surface area contributed by atoms with Crippen LogP contribution in [0.15, 0.2) is 40.8 Å². The number of nitrogens with zero attached hydrogens (tertiary/aromatic N) is 1. The number of carbonyl (C=O) groups excluding carboxylic acids is 1. The molecule has 158 valence electrons. The van der Waals surface area contributed by atoms with Gasteiger partial charge in [0.05, 0.1) is 23.6 Å². The Labute approximate surface area is 167 Å². The molecule has 1 aliphatic rings. The van der Waals surface area contributed by atoms with Crippen molar-refractivity contribution in [3.8, 4) is 11.3 Å². The van der Waals surface area contributed by atoms with E-state index in [0.717, 1.165) is 12.1 Å². The van der Waals surface area contributed by atoms with Gasteiger partial charge in [-0.1, -0.05) is 26.0 Å². The number of benzene rings is 1. The second-order valence-electron chi connectivity index (χ2n) is 7.52. The predicted molar refractivity (Wildman–Crippen MR) is 102 cm³/mol. The van der Waals surface area contributed by atoms with Gasteiger partial charge in [-0.2, -0.15) is 13.2 Å². The van der Waals surface area contributed by atoms with Crippen LogP contribution in [0.25, 0.3) is 11.3 Å². The second kappa shape index (κ2) is 7.85. The summed E-state index contributed by atoms with van der Waals surface area (Å²) in [5, 5.41) is 0. The van der Waals surface area contributed by atoms with Crippen molar-refractivity contribution in [1.29, 1.82) is 0 Å². The van der Waals surface area contributed by atoms with Crippen LogP contribution in [-0.4, -0.2) is 36.8 Å². The van der Waals surface area contributed by atoms with Crippen LogP contribution in [0.5, 0.6) is 0 Å². The maximum Gasteiger partial charge on any atom is 0.416 e. The molecule has 1 saturated heterocycles. The highest BCUT2D eigenvalue weighted by Crippen LogP contribution is 2.33. The molecule has 1 aromatic carbocycles. The molecule has 0 spiro atoms. The van der Waals surface area contributed by atoms with E-state index in [1.54, 1.807) is 26.0 Å². The third-order valence-electron chi connectivity index (χ3n) is 4.89. The first kappa shape index (κ1) is 21.4. The van der Waals surface area contributed by atoms with E-state index in [1.165, 1.54) is 17.0 Å². The fourth-order valence-corrected chi connectivity index (χ4v) is 5.11. The van der Waals surface area contributed by atoms with Gasteiger partial charge < -0.3 is 9.32 Å². The number of alkyl halides is 3. The Bertz CT molecular complexity index is 995. The summed E-state index contributed by atoms with van der Waals surface area (Å²) < 4.78 is 68.2. The van der Waals surface area contributed by atoms with Gasteiger partial charge in [0.2, 0.25) is 5.91 Å². The lowest BCUT2D eigenvalue weighted by atomic mass is 10.1. The molecule has 2 heterocycles. The maximum atomic E-state index is 12.9. The Hall–Kier alpha value is -2.29. The number of hydrogen-bond donors (Lipinski definition) is 0. The number of furan rings is 1. The SMILES string of the molecule is CC(C)C(=O)N(Cc1ccc(-c2cccc(C(F)(F)F)c2)o1)C1CCS(=O)(=O)C1. The summed E-state index contributed by atoms with van der Waals surface area (Å²) in [6, 6.07) is 7.52. The van der Waals surface area contributed by atoms with Gasteiger partial charge in [-0.3, -0.25) is 4.79 Å². The molecular formula is C20H22F3NO4S. The van der Waals surface area contributed by atoms with Gasteiger partial charge in [0.1, 0.15) is 11.5 Å². The van der Waals surface area contributed by atoms with E-state index >= 15 is 0 Å². The number of amides is 1. The summed E-state index contributed by atoms with van der Waals surface area (Å²) in [4.78, 5) is 14.1. The van der Waals surface area contributed by atoms with E-state index in [9.17, 15) is 26.4 Å². The first-order valence-corrected chi connectivity index (χ1v) is 11.1. The predicted octanol–water partition coefficient (Wildman–Crippen LogP) is 4.14. The Kier molecular flexibility index (Phi) is 5.80. The van der Waals surface area contributed by atoms with E-state index in [1.807, 2.05) is 0 Å². The first-order valence-electron chi connectivity index (χ1n) is 9.23. The molecule has 0 aliphatic carbocycles. The Morgan fingerprint density at radius 2 is 1.97 bits per heavy atom. The fraction of sp³-hybridized carbons (Fsp3) is 0.450. The molecule has 3 rings (SSSR count). The van der Waals surface area contributed by atoms with Crippen LogP contribution in [0.4, 0.5) is 13.2 Å². The van der Waals surface area contributed by atoms with Crippen molar-refractivity contribution in [1.82, 2.24) is 4.90 Å². The van der Waals surface area contributed by atoms with E-state index < -0.39 is 27.6 Å². The minimum Gasteiger partial charge on any atom is -0.459 e. The molecule has 29 heavy (non-hydrogen) atoms. The Balaban J connectivity index is 1.84. The molecular weight excluding hydrogens is 407 g/mol. The zero-order valence-electron chi connectivity index (χ0n) is 16.1. The maximum absolute atomic E-state index is 12.9. The third-order valence-corrected chi connectivity index (χ3v) is 6.64. The fourth-order valence-electron chi connectivity index (χ4n) is 3.37. The van der Waals surface area contributed by atoms with Crippen molar-refractivity contribution in [3.63, 3.8) is 0 Å². The first-order chi connectivity index (χ1) is 13.5. The summed E-state index contributed by atoms with van der Waals surface area (Å²) in [6.45, 7) is 3.53. The lowest BCUT2D eigenvalue weighted by molar-refractivity contribution is -0.138. The number of rotatable bonds is 5. The van der Waals surface area contributed by atoms with Gasteiger partial charge in [-0.15, -0.1) is 0 Å². The highest BCUT2D eigenvalue weighted by atomic mass is 32.2. The van der Waals surface area contributed by atoms with Crippen LogP contribution in [0, 0.1) is 5.92 Å². The smallest absolute Gasteiger partial charge is 0.416 e. The van der Waals surface area contributed by atoms with Crippen molar-refractivity contribution in [2.24, 2.45) is 5.92 Å². The monoisotopic (exact) mass is 429 g/mol. The normalized spacial score (nSPS) is 18.9. The summed E-state index contributed by atoms with van der Waals surface area (Å²) in [5.74, 6) is 0.0675. The number of hydrogen-bond acceptors (Lipinski definition) is 4. The van der Waals surface area contributed by atoms with Gasteiger partial charge >= 0.3 is 6.18 Å². The van der Waals surface area contributed by atoms with Crippen molar-refractivity contribution < 1.29 is 30.8 Å². The molecule has 0 N–H and O–H groups in total. The molecule has 1 aromatic heterocycles. The zero-order valence-corrected chi connectivity index (χ0v) is 16.9. The third kappa shape index (κ3) is 5.01. The Morgan fingerprint density at radius 1 is 1.24 bits per heavy atom. The quantitative estimate of drug-likeness (QED) is 0.717. The Morgan fingerprint density at radius 3 is 2.55 bits per heavy atom. The summed E-state index contributed by atoms with van der Waals surface area (Å²) in [5.41, 5.74) is -0.503. The molecule has 1 fully saturated rings. The van der Waals surface area contributed by atoms with Crippen LogP contribution in [0.1, 0.15) is 31.6 Å². The molecule has 5 nitrogen and oxygen atoms in total. The number of carbonyl (C=O) groups is 1. The number of sulfone groups is 1. The summed E-state index contributed by atoms with van der Waals surface area (Å²) in [7, 11) is -3.18. The van der Waals surface area contributed by atoms with Crippen molar-refractivity contribution >= 4 is 15.7 Å². The minimum atomic E-state index is -4.46. The summed E-state index contributed by atoms with van der Waals surface area (Å²) >= 11 is 0. The van der Waals surface area contributed by atoms with Crippen LogP contribution in [-0.2, 0) is 27.4 Å². The van der Waals surface area contributed by atoms with Gasteiger partial charge in [0, 0.05) is 17.5 Å². The molecule has 1 aliphatic heterocycles. The lowest BCUT2D eigenvalue weighted by Gasteiger charge is -2.29. The van der Waals surface area contributed by atoms with E-state index in [4.69, 9.17) is 4.42 Å². The van der Waals surface area contributed by atoms with Crippen molar-refractivity contribution in [2.75, 3.05) is 11.5 Å². The van der Waals surface area contributed by atoms with E-state index in [2.05, 4.69) is 0 Å². The molecule has 0 saturated carbocycles. The van der Waals surface area contributed by atoms with Crippen molar-refractivity contribution in [2.45, 2.75) is 39.0 Å². The molecule has 0 radical (unpaired) electrons. The van der Waals surface area contributed by atoms with Crippen LogP contribution >= 0.6 is 0 Å². The van der Waals surface area contributed by atoms with E-state index in [-0.39, 0.29) is 41.2 Å². The molecule has 0 bridgehead atoms. The van der Waals surface area contributed by atoms with Crippen molar-refractivity contribution in [3.05, 3.63) is 47.7 Å². The summed E-state index contributed by atoms with van der Waals surface area (Å²) in [6.07, 6.45) is -4.10. The molecule has 1 atom stereocenters. The zero-order chi connectivity index (χ0) is 21.4. The highest BCUT2D eigenvalue weighted by molar-refractivity contribution is 7.91. The topological polar surface area (TPSA) is 67.6 Å². The van der Waals surface area contributed by atoms with Gasteiger partial charge in [0.15, 0.2) is 9.84 Å². The molecule has 1 amide bonds. The average Bonchev–Trinajstić information content (AvgIpc) is 3.24. The lowest BCUT2D eigenvalue weighted by Crippen LogP contribution is -2.42. The highest BCUT2D eigenvalue weighted by Gasteiger charge is 2.36. The average molecular weight is 429 g/mol. The second-order valence-corrected chi connectivity index (χ2v) is 9.75. The van der Waals surface area contributed by atoms with Gasteiger partial charge in [0.25, 0.3) is 0 Å². The standard InChI is InChI=1S/C20H22F3NO4S/c1-13(2)19(25)24(16-8-9-29(26,27)12-16)11-17-6-7-18(28-17)14-4-3-5-15(10-14)20(21,22)23/h3-7,10,13,16H,8-9,11-12H2,1-2H3. The van der Waals surface area contributed by atoms with Crippen LogP contribution in [0.3, 0.4) is 0 Å². The minimum absolute atomic E-state index is 0.0349. The van der Waals surface area contributed by atoms with Crippen LogP contribution < -0.4 is 0 Å². The molecule has 2 aromatic rings. The molecule has 9 heteroatoms. The van der Waals surface area contributed by atoms with Crippen LogP contribution in [0.2, 0.25) is 0 Å². The van der Waals surface area contributed by atoms with Gasteiger partial charge in [-0.05, 0) is 30.7 Å². The largest absolute Gasteiger partial charge is 0.459 e. The molecule has 1 unspecified atom stereocenters.